The molecule has 4 aromatic rings. The first kappa shape index (κ1) is 18.5. The number of aromatic amines is 1. The van der Waals surface area contributed by atoms with Gasteiger partial charge in [-0.05, 0) is 48.6 Å². The second-order valence-corrected chi connectivity index (χ2v) is 7.65. The number of para-hydroxylation sites is 2. The second kappa shape index (κ2) is 8.07. The Labute approximate surface area is 175 Å². The van der Waals surface area contributed by atoms with Gasteiger partial charge in [0.2, 0.25) is 0 Å². The SMILES string of the molecule is O=C(OCc1ccccc1)C1CCCc2[nH]c3c(Oc4ccccc4)cccc3c21. The number of carbonyl (C=O) groups is 1. The summed E-state index contributed by atoms with van der Waals surface area (Å²) in [4.78, 5) is 16.5. The fraction of sp³-hybridized carbons (Fsp3) is 0.192. The smallest absolute Gasteiger partial charge is 0.313 e. The fourth-order valence-electron chi connectivity index (χ4n) is 4.25. The summed E-state index contributed by atoms with van der Waals surface area (Å²) in [5.41, 5.74) is 4.11. The number of esters is 1. The normalized spacial score (nSPS) is 15.5. The lowest BCUT2D eigenvalue weighted by molar-refractivity contribution is -0.147. The number of H-pyrrole nitrogens is 1. The molecule has 5 rings (SSSR count). The molecule has 0 fully saturated rings. The zero-order valence-electron chi connectivity index (χ0n) is 16.6. The maximum absolute atomic E-state index is 13.0. The average molecular weight is 397 g/mol. The van der Waals surface area contributed by atoms with Crippen LogP contribution in [0.1, 0.15) is 35.6 Å². The predicted molar refractivity (Wildman–Crippen MR) is 117 cm³/mol. The Morgan fingerprint density at radius 2 is 1.70 bits per heavy atom. The summed E-state index contributed by atoms with van der Waals surface area (Å²) in [7, 11) is 0. The van der Waals surface area contributed by atoms with E-state index >= 15 is 0 Å². The molecule has 1 aliphatic rings. The second-order valence-electron chi connectivity index (χ2n) is 7.65. The van der Waals surface area contributed by atoms with E-state index in [1.807, 2.05) is 72.8 Å². The van der Waals surface area contributed by atoms with E-state index in [1.165, 1.54) is 0 Å². The Kier molecular flexibility index (Phi) is 4.98. The Morgan fingerprint density at radius 3 is 2.50 bits per heavy atom. The number of hydrogen-bond donors (Lipinski definition) is 1. The number of ether oxygens (including phenoxy) is 2. The molecule has 1 N–H and O–H groups in total. The number of aryl methyl sites for hydroxylation is 1. The number of aromatic nitrogens is 1. The average Bonchev–Trinajstić information content (AvgIpc) is 3.19. The summed E-state index contributed by atoms with van der Waals surface area (Å²) in [6, 6.07) is 25.6. The summed E-state index contributed by atoms with van der Waals surface area (Å²) in [5, 5.41) is 1.04. The first-order chi connectivity index (χ1) is 14.8. The van der Waals surface area contributed by atoms with Crippen molar-refractivity contribution in [1.82, 2.24) is 4.98 Å². The Balaban J connectivity index is 1.45. The van der Waals surface area contributed by atoms with Crippen LogP contribution in [0.3, 0.4) is 0 Å². The summed E-state index contributed by atoms with van der Waals surface area (Å²) in [6.45, 7) is 0.302. The molecule has 1 unspecified atom stereocenters. The largest absolute Gasteiger partial charge is 0.460 e. The van der Waals surface area contributed by atoms with Gasteiger partial charge in [-0.3, -0.25) is 4.79 Å². The van der Waals surface area contributed by atoms with E-state index in [1.54, 1.807) is 0 Å². The zero-order chi connectivity index (χ0) is 20.3. The van der Waals surface area contributed by atoms with Gasteiger partial charge in [-0.2, -0.15) is 0 Å². The van der Waals surface area contributed by atoms with Crippen LogP contribution in [0.2, 0.25) is 0 Å². The third-order valence-electron chi connectivity index (χ3n) is 5.66. The molecule has 1 heterocycles. The molecule has 1 aliphatic carbocycles. The van der Waals surface area contributed by atoms with Crippen LogP contribution in [0.15, 0.2) is 78.9 Å². The van der Waals surface area contributed by atoms with Crippen LogP contribution in [0, 0.1) is 0 Å². The van der Waals surface area contributed by atoms with Gasteiger partial charge < -0.3 is 14.5 Å². The van der Waals surface area contributed by atoms with Crippen molar-refractivity contribution in [1.29, 1.82) is 0 Å². The van der Waals surface area contributed by atoms with Crippen molar-refractivity contribution in [3.05, 3.63) is 95.7 Å². The van der Waals surface area contributed by atoms with Crippen LogP contribution < -0.4 is 4.74 Å². The molecule has 1 aromatic heterocycles. The van der Waals surface area contributed by atoms with Gasteiger partial charge in [0.1, 0.15) is 12.4 Å². The van der Waals surface area contributed by atoms with E-state index in [2.05, 4.69) is 11.1 Å². The Morgan fingerprint density at radius 1 is 0.933 bits per heavy atom. The van der Waals surface area contributed by atoms with Gasteiger partial charge in [0.25, 0.3) is 0 Å². The van der Waals surface area contributed by atoms with E-state index in [9.17, 15) is 4.79 Å². The highest BCUT2D eigenvalue weighted by Gasteiger charge is 2.31. The molecule has 4 heteroatoms. The zero-order valence-corrected chi connectivity index (χ0v) is 16.6. The van der Waals surface area contributed by atoms with Crippen molar-refractivity contribution < 1.29 is 14.3 Å². The predicted octanol–water partition coefficient (Wildman–Crippen LogP) is 6.12. The molecule has 0 saturated heterocycles. The molecule has 150 valence electrons. The van der Waals surface area contributed by atoms with Gasteiger partial charge in [-0.15, -0.1) is 0 Å². The van der Waals surface area contributed by atoms with E-state index in [0.717, 1.165) is 58.5 Å². The van der Waals surface area contributed by atoms with Gasteiger partial charge in [-0.1, -0.05) is 60.7 Å². The maximum atomic E-state index is 13.0. The topological polar surface area (TPSA) is 51.3 Å². The van der Waals surface area contributed by atoms with Crippen LogP contribution in [0.4, 0.5) is 0 Å². The third kappa shape index (κ3) is 3.57. The summed E-state index contributed by atoms with van der Waals surface area (Å²) in [5.74, 6) is 1.15. The fourth-order valence-corrected chi connectivity index (χ4v) is 4.25. The number of hydrogen-bond acceptors (Lipinski definition) is 3. The highest BCUT2D eigenvalue weighted by Crippen LogP contribution is 2.41. The quantitative estimate of drug-likeness (QED) is 0.413. The van der Waals surface area contributed by atoms with Gasteiger partial charge in [0.15, 0.2) is 5.75 Å². The summed E-state index contributed by atoms with van der Waals surface area (Å²) < 4.78 is 11.8. The molecule has 1 atom stereocenters. The third-order valence-corrected chi connectivity index (χ3v) is 5.66. The van der Waals surface area contributed by atoms with Crippen LogP contribution in [-0.4, -0.2) is 11.0 Å². The number of nitrogens with one attached hydrogen (secondary N) is 1. The minimum Gasteiger partial charge on any atom is -0.460 e. The first-order valence-corrected chi connectivity index (χ1v) is 10.4. The highest BCUT2D eigenvalue weighted by molar-refractivity contribution is 5.94. The van der Waals surface area contributed by atoms with Crippen molar-refractivity contribution in [2.45, 2.75) is 31.8 Å². The van der Waals surface area contributed by atoms with Crippen LogP contribution in [0.25, 0.3) is 10.9 Å². The van der Waals surface area contributed by atoms with Gasteiger partial charge in [-0.25, -0.2) is 0 Å². The highest BCUT2D eigenvalue weighted by atomic mass is 16.5. The van der Waals surface area contributed by atoms with Crippen molar-refractivity contribution in [2.24, 2.45) is 0 Å². The number of benzene rings is 3. The molecule has 0 aliphatic heterocycles. The molecule has 0 bridgehead atoms. The number of carbonyl (C=O) groups excluding carboxylic acids is 1. The lowest BCUT2D eigenvalue weighted by Crippen LogP contribution is -2.20. The monoisotopic (exact) mass is 397 g/mol. The van der Waals surface area contributed by atoms with E-state index in [4.69, 9.17) is 9.47 Å². The van der Waals surface area contributed by atoms with Crippen LogP contribution in [-0.2, 0) is 22.6 Å². The maximum Gasteiger partial charge on any atom is 0.313 e. The van der Waals surface area contributed by atoms with E-state index in [0.29, 0.717) is 6.61 Å². The molecule has 0 spiro atoms. The Bertz CT molecular complexity index is 1170. The minimum atomic E-state index is -0.252. The molecule has 0 amide bonds. The lowest BCUT2D eigenvalue weighted by atomic mass is 9.85. The molecule has 30 heavy (non-hydrogen) atoms. The van der Waals surface area contributed by atoms with Crippen molar-refractivity contribution in [3.8, 4) is 11.5 Å². The van der Waals surface area contributed by atoms with Gasteiger partial charge >= 0.3 is 5.97 Å². The molecular formula is C26H23NO3. The van der Waals surface area contributed by atoms with E-state index < -0.39 is 0 Å². The minimum absolute atomic E-state index is 0.157. The first-order valence-electron chi connectivity index (χ1n) is 10.4. The summed E-state index contributed by atoms with van der Waals surface area (Å²) >= 11 is 0. The van der Waals surface area contributed by atoms with E-state index in [-0.39, 0.29) is 11.9 Å². The Hall–Kier alpha value is -3.53. The standard InChI is InChI=1S/C26H23NO3/c28-26(29-17-18-9-3-1-4-10-18)21-14-7-15-22-24(21)20-13-8-16-23(25(20)27-22)30-19-11-5-2-6-12-19/h1-6,8-13,16,21,27H,7,14-15,17H2. The lowest BCUT2D eigenvalue weighted by Gasteiger charge is -2.21. The molecule has 3 aromatic carbocycles. The van der Waals surface area contributed by atoms with Crippen molar-refractivity contribution in [2.75, 3.05) is 0 Å². The number of fused-ring (bicyclic) bond motifs is 3. The molecular weight excluding hydrogens is 374 g/mol. The van der Waals surface area contributed by atoms with Crippen LogP contribution >= 0.6 is 0 Å². The molecule has 0 saturated carbocycles. The van der Waals surface area contributed by atoms with Crippen molar-refractivity contribution >= 4 is 16.9 Å². The summed E-state index contributed by atoms with van der Waals surface area (Å²) in [6.07, 6.45) is 2.69. The van der Waals surface area contributed by atoms with Gasteiger partial charge in [0.05, 0.1) is 11.4 Å². The van der Waals surface area contributed by atoms with Crippen molar-refractivity contribution in [3.63, 3.8) is 0 Å². The molecule has 0 radical (unpaired) electrons. The number of rotatable bonds is 5. The molecule has 4 nitrogen and oxygen atoms in total. The van der Waals surface area contributed by atoms with Gasteiger partial charge in [0, 0.05) is 11.1 Å². The van der Waals surface area contributed by atoms with Crippen LogP contribution in [0.5, 0.6) is 11.5 Å².